The van der Waals surface area contributed by atoms with E-state index >= 15 is 0 Å². The number of hydrogen-bond donors (Lipinski definition) is 1. The maximum Gasteiger partial charge on any atom is -0.00467 e. The molecule has 0 aromatic carbocycles. The zero-order valence-corrected chi connectivity index (χ0v) is 11.0. The molecule has 0 aromatic heterocycles. The summed E-state index contributed by atoms with van der Waals surface area (Å²) >= 11 is 0. The van der Waals surface area contributed by atoms with Crippen LogP contribution in [0.25, 0.3) is 0 Å². The number of hydrogen-bond acceptors (Lipinski definition) is 1. The van der Waals surface area contributed by atoms with E-state index in [1.54, 1.807) is 0 Å². The van der Waals surface area contributed by atoms with E-state index in [0.29, 0.717) is 5.41 Å². The Morgan fingerprint density at radius 2 is 1.79 bits per heavy atom. The molecule has 1 aliphatic carbocycles. The van der Waals surface area contributed by atoms with Crippen molar-refractivity contribution >= 4 is 0 Å². The number of rotatable bonds is 4. The fraction of sp³-hybridized carbons (Fsp3) is 1.00. The van der Waals surface area contributed by atoms with Crippen molar-refractivity contribution < 1.29 is 0 Å². The average Bonchev–Trinajstić information content (AvgIpc) is 2.13. The molecule has 1 heteroatoms. The molecule has 0 saturated heterocycles. The molecule has 1 fully saturated rings. The van der Waals surface area contributed by atoms with Crippen molar-refractivity contribution in [2.24, 2.45) is 17.3 Å². The standard InChI is InChI=1S/C11H23N.C2H6/c1-9(2)10-7-11(3,8-10)5-6-12-4;1-2/h9-10,12H,5-8H2,1-4H3;1-2H3. The zero-order valence-electron chi connectivity index (χ0n) is 11.0. The molecule has 0 atom stereocenters. The van der Waals surface area contributed by atoms with Crippen LogP contribution in [0.15, 0.2) is 0 Å². The quantitative estimate of drug-likeness (QED) is 0.728. The minimum Gasteiger partial charge on any atom is -0.320 e. The lowest BCUT2D eigenvalue weighted by atomic mass is 9.58. The topological polar surface area (TPSA) is 12.0 Å². The first-order valence-electron chi connectivity index (χ1n) is 6.22. The van der Waals surface area contributed by atoms with Crippen LogP contribution in [0.5, 0.6) is 0 Å². The third-order valence-corrected chi connectivity index (χ3v) is 3.43. The molecule has 86 valence electrons. The monoisotopic (exact) mass is 199 g/mol. The molecular formula is C13H29N. The predicted octanol–water partition coefficient (Wildman–Crippen LogP) is 3.69. The van der Waals surface area contributed by atoms with Gasteiger partial charge >= 0.3 is 0 Å². The molecule has 1 aliphatic rings. The van der Waals surface area contributed by atoms with Crippen LogP contribution in [0.2, 0.25) is 0 Å². The highest BCUT2D eigenvalue weighted by Gasteiger charge is 2.40. The molecule has 0 aliphatic heterocycles. The zero-order chi connectivity index (χ0) is 11.2. The van der Waals surface area contributed by atoms with Gasteiger partial charge < -0.3 is 5.32 Å². The molecule has 0 unspecified atom stereocenters. The van der Waals surface area contributed by atoms with Gasteiger partial charge in [0.25, 0.3) is 0 Å². The van der Waals surface area contributed by atoms with E-state index in [1.165, 1.54) is 25.8 Å². The van der Waals surface area contributed by atoms with Crippen LogP contribution in [0.4, 0.5) is 0 Å². The highest BCUT2D eigenvalue weighted by molar-refractivity contribution is 4.91. The van der Waals surface area contributed by atoms with Gasteiger partial charge in [-0.3, -0.25) is 0 Å². The van der Waals surface area contributed by atoms with Gasteiger partial charge in [0.1, 0.15) is 0 Å². The molecule has 0 amide bonds. The van der Waals surface area contributed by atoms with Crippen molar-refractivity contribution in [2.45, 2.75) is 53.9 Å². The van der Waals surface area contributed by atoms with E-state index in [4.69, 9.17) is 0 Å². The smallest absolute Gasteiger partial charge is 0.00467 e. The van der Waals surface area contributed by atoms with Crippen LogP contribution >= 0.6 is 0 Å². The minimum absolute atomic E-state index is 0.665. The van der Waals surface area contributed by atoms with Crippen LogP contribution in [-0.2, 0) is 0 Å². The Hall–Kier alpha value is -0.0400. The molecular weight excluding hydrogens is 170 g/mol. The molecule has 1 rings (SSSR count). The van der Waals surface area contributed by atoms with Gasteiger partial charge in [-0.25, -0.2) is 0 Å². The second-order valence-corrected chi connectivity index (χ2v) is 5.08. The first-order valence-corrected chi connectivity index (χ1v) is 6.22. The summed E-state index contributed by atoms with van der Waals surface area (Å²) in [6.07, 6.45) is 4.26. The first kappa shape index (κ1) is 14.0. The Morgan fingerprint density at radius 1 is 1.29 bits per heavy atom. The summed E-state index contributed by atoms with van der Waals surface area (Å²) in [5, 5.41) is 3.24. The van der Waals surface area contributed by atoms with Crippen molar-refractivity contribution in [3.8, 4) is 0 Å². The van der Waals surface area contributed by atoms with E-state index in [-0.39, 0.29) is 0 Å². The first-order chi connectivity index (χ1) is 6.57. The lowest BCUT2D eigenvalue weighted by Crippen LogP contribution is -2.38. The molecule has 0 radical (unpaired) electrons. The van der Waals surface area contributed by atoms with Crippen molar-refractivity contribution in [1.29, 1.82) is 0 Å². The molecule has 1 saturated carbocycles. The number of nitrogens with one attached hydrogen (secondary N) is 1. The third kappa shape index (κ3) is 4.00. The Bertz CT molecular complexity index is 134. The molecule has 0 heterocycles. The summed E-state index contributed by atoms with van der Waals surface area (Å²) in [4.78, 5) is 0. The summed E-state index contributed by atoms with van der Waals surface area (Å²) < 4.78 is 0. The molecule has 0 bridgehead atoms. The summed E-state index contributed by atoms with van der Waals surface area (Å²) in [6, 6.07) is 0. The van der Waals surface area contributed by atoms with Crippen LogP contribution < -0.4 is 5.32 Å². The molecule has 1 nitrogen and oxygen atoms in total. The van der Waals surface area contributed by atoms with Crippen LogP contribution in [0.1, 0.15) is 53.9 Å². The van der Waals surface area contributed by atoms with E-state index in [0.717, 1.165) is 11.8 Å². The van der Waals surface area contributed by atoms with Gasteiger partial charge in [0.15, 0.2) is 0 Å². The molecule has 0 aromatic rings. The molecule has 0 spiro atoms. The minimum atomic E-state index is 0.665. The van der Waals surface area contributed by atoms with Gasteiger partial charge in [0.2, 0.25) is 0 Å². The van der Waals surface area contributed by atoms with Gasteiger partial charge in [-0.2, -0.15) is 0 Å². The summed E-state index contributed by atoms with van der Waals surface area (Å²) in [5.74, 6) is 1.90. The van der Waals surface area contributed by atoms with Gasteiger partial charge in [-0.1, -0.05) is 34.6 Å². The van der Waals surface area contributed by atoms with Crippen molar-refractivity contribution in [3.05, 3.63) is 0 Å². The SMILES string of the molecule is CC.CNCCC1(C)CC(C(C)C)C1. The highest BCUT2D eigenvalue weighted by atomic mass is 14.8. The maximum absolute atomic E-state index is 3.24. The highest BCUT2D eigenvalue weighted by Crippen LogP contribution is 2.50. The van der Waals surface area contributed by atoms with Crippen LogP contribution in [0, 0.1) is 17.3 Å². The van der Waals surface area contributed by atoms with Crippen LogP contribution in [0.3, 0.4) is 0 Å². The second-order valence-electron chi connectivity index (χ2n) is 5.08. The molecule has 1 N–H and O–H groups in total. The Morgan fingerprint density at radius 3 is 2.14 bits per heavy atom. The Balaban J connectivity index is 0.000000791. The van der Waals surface area contributed by atoms with Crippen LogP contribution in [-0.4, -0.2) is 13.6 Å². The van der Waals surface area contributed by atoms with Gasteiger partial charge in [0.05, 0.1) is 0 Å². The van der Waals surface area contributed by atoms with Crippen molar-refractivity contribution in [2.75, 3.05) is 13.6 Å². The Labute approximate surface area is 90.7 Å². The van der Waals surface area contributed by atoms with Crippen molar-refractivity contribution in [3.63, 3.8) is 0 Å². The third-order valence-electron chi connectivity index (χ3n) is 3.43. The maximum atomic E-state index is 3.24. The summed E-state index contributed by atoms with van der Waals surface area (Å²) in [6.45, 7) is 12.3. The lowest BCUT2D eigenvalue weighted by molar-refractivity contribution is 0.0359. The Kier molecular flexibility index (Phi) is 6.43. The van der Waals surface area contributed by atoms with E-state index in [1.807, 2.05) is 20.9 Å². The largest absolute Gasteiger partial charge is 0.320 e. The van der Waals surface area contributed by atoms with E-state index < -0.39 is 0 Å². The predicted molar refractivity (Wildman–Crippen MR) is 65.6 cm³/mol. The normalized spacial score (nSPS) is 30.6. The van der Waals surface area contributed by atoms with Gasteiger partial charge in [-0.05, 0) is 50.1 Å². The van der Waals surface area contributed by atoms with E-state index in [2.05, 4.69) is 26.1 Å². The van der Waals surface area contributed by atoms with E-state index in [9.17, 15) is 0 Å². The lowest BCUT2D eigenvalue weighted by Gasteiger charge is -2.47. The molecule has 14 heavy (non-hydrogen) atoms. The second kappa shape index (κ2) is 6.44. The average molecular weight is 199 g/mol. The summed E-state index contributed by atoms with van der Waals surface area (Å²) in [7, 11) is 2.04. The van der Waals surface area contributed by atoms with Gasteiger partial charge in [-0.15, -0.1) is 0 Å². The van der Waals surface area contributed by atoms with Gasteiger partial charge in [0, 0.05) is 0 Å². The fourth-order valence-electron chi connectivity index (χ4n) is 2.31. The fourth-order valence-corrected chi connectivity index (χ4v) is 2.31. The van der Waals surface area contributed by atoms with Crippen molar-refractivity contribution in [1.82, 2.24) is 5.32 Å². The summed E-state index contributed by atoms with van der Waals surface area (Å²) in [5.41, 5.74) is 0.665.